The Labute approximate surface area is 119 Å². The maximum absolute atomic E-state index is 4.40. The number of pyridine rings is 1. The van der Waals surface area contributed by atoms with E-state index in [0.29, 0.717) is 0 Å². The number of hydrogen-bond acceptors (Lipinski definition) is 3. The molecule has 5 heteroatoms. The minimum Gasteiger partial charge on any atom is -0.342 e. The molecule has 0 fully saturated rings. The first kappa shape index (κ1) is 12.2. The molecule has 96 valence electrons. The van der Waals surface area contributed by atoms with E-state index in [1.165, 1.54) is 0 Å². The highest BCUT2D eigenvalue weighted by atomic mass is 79.9. The summed E-state index contributed by atoms with van der Waals surface area (Å²) in [6.07, 6.45) is 1.80. The second-order valence-electron chi connectivity index (χ2n) is 4.42. The topological polar surface area (TPSA) is 44.8 Å². The quantitative estimate of drug-likeness (QED) is 0.782. The zero-order valence-corrected chi connectivity index (χ0v) is 12.3. The number of anilines is 2. The molecule has 0 unspecified atom stereocenters. The second-order valence-corrected chi connectivity index (χ2v) is 5.33. The van der Waals surface area contributed by atoms with E-state index in [1.54, 1.807) is 6.20 Å². The van der Waals surface area contributed by atoms with Gasteiger partial charge in [-0.2, -0.15) is 0 Å². The Balaban J connectivity index is 2.00. The summed E-state index contributed by atoms with van der Waals surface area (Å²) in [6.45, 7) is 1.96. The number of aromatic nitrogens is 3. The fraction of sp³-hybridized carbons (Fsp3) is 0.143. The van der Waals surface area contributed by atoms with E-state index >= 15 is 0 Å². The van der Waals surface area contributed by atoms with Crippen LogP contribution in [0.25, 0.3) is 11.0 Å². The lowest BCUT2D eigenvalue weighted by Gasteiger charge is -2.18. The molecule has 2 heterocycles. The molecule has 1 aromatic carbocycles. The van der Waals surface area contributed by atoms with Crippen LogP contribution in [0.1, 0.15) is 5.82 Å². The first-order valence-corrected chi connectivity index (χ1v) is 6.74. The number of nitrogens with zero attached hydrogens (tertiary/aromatic N) is 3. The molecule has 0 aliphatic heterocycles. The van der Waals surface area contributed by atoms with Crippen molar-refractivity contribution in [1.82, 2.24) is 15.0 Å². The maximum Gasteiger partial charge on any atom is 0.132 e. The van der Waals surface area contributed by atoms with E-state index in [0.717, 1.165) is 32.8 Å². The number of imidazole rings is 1. The molecule has 0 atom stereocenters. The Morgan fingerprint density at radius 3 is 2.79 bits per heavy atom. The summed E-state index contributed by atoms with van der Waals surface area (Å²) in [4.78, 5) is 14.1. The van der Waals surface area contributed by atoms with Gasteiger partial charge < -0.3 is 9.88 Å². The summed E-state index contributed by atoms with van der Waals surface area (Å²) in [5.41, 5.74) is 3.10. The van der Waals surface area contributed by atoms with Gasteiger partial charge in [0, 0.05) is 23.4 Å². The fourth-order valence-electron chi connectivity index (χ4n) is 2.03. The van der Waals surface area contributed by atoms with Gasteiger partial charge in [-0.05, 0) is 53.2 Å². The zero-order chi connectivity index (χ0) is 13.4. The van der Waals surface area contributed by atoms with E-state index in [2.05, 4.69) is 36.9 Å². The lowest BCUT2D eigenvalue weighted by atomic mass is 10.2. The van der Waals surface area contributed by atoms with Gasteiger partial charge in [-0.25, -0.2) is 9.97 Å². The standard InChI is InChI=1S/C14H13BrN4/c1-9-17-12-5-4-11(7-13(12)18-9)19(2)14-6-3-10(15)8-16-14/h3-8H,1-2H3,(H,17,18). The van der Waals surface area contributed by atoms with Crippen LogP contribution in [0.15, 0.2) is 41.0 Å². The van der Waals surface area contributed by atoms with Crippen LogP contribution in [-0.4, -0.2) is 22.0 Å². The van der Waals surface area contributed by atoms with Gasteiger partial charge in [-0.1, -0.05) is 0 Å². The summed E-state index contributed by atoms with van der Waals surface area (Å²) in [6, 6.07) is 10.1. The molecule has 0 saturated carbocycles. The molecule has 0 amide bonds. The zero-order valence-electron chi connectivity index (χ0n) is 10.7. The molecule has 0 aliphatic carbocycles. The van der Waals surface area contributed by atoms with Crippen molar-refractivity contribution in [3.8, 4) is 0 Å². The second kappa shape index (κ2) is 4.66. The molecule has 0 saturated heterocycles. The van der Waals surface area contributed by atoms with Crippen LogP contribution >= 0.6 is 15.9 Å². The van der Waals surface area contributed by atoms with Gasteiger partial charge in [0.1, 0.15) is 11.6 Å². The molecule has 0 radical (unpaired) electrons. The molecule has 0 spiro atoms. The first-order chi connectivity index (χ1) is 9.13. The van der Waals surface area contributed by atoms with E-state index in [-0.39, 0.29) is 0 Å². The van der Waals surface area contributed by atoms with E-state index in [9.17, 15) is 0 Å². The first-order valence-electron chi connectivity index (χ1n) is 5.95. The van der Waals surface area contributed by atoms with Gasteiger partial charge in [0.2, 0.25) is 0 Å². The number of halogens is 1. The number of rotatable bonds is 2. The normalized spacial score (nSPS) is 10.9. The molecule has 3 rings (SSSR count). The Kier molecular flexibility index (Phi) is 2.98. The molecule has 0 aliphatic rings. The van der Waals surface area contributed by atoms with Gasteiger partial charge in [-0.15, -0.1) is 0 Å². The third-order valence-electron chi connectivity index (χ3n) is 3.03. The van der Waals surface area contributed by atoms with Gasteiger partial charge >= 0.3 is 0 Å². The minimum atomic E-state index is 0.902. The van der Waals surface area contributed by atoms with Crippen molar-refractivity contribution in [2.75, 3.05) is 11.9 Å². The lowest BCUT2D eigenvalue weighted by Crippen LogP contribution is -2.10. The maximum atomic E-state index is 4.40. The Morgan fingerprint density at radius 2 is 2.05 bits per heavy atom. The Hall–Kier alpha value is -1.88. The third kappa shape index (κ3) is 2.33. The van der Waals surface area contributed by atoms with Crippen molar-refractivity contribution >= 4 is 38.5 Å². The summed E-state index contributed by atoms with van der Waals surface area (Å²) in [5, 5.41) is 0. The molecule has 19 heavy (non-hydrogen) atoms. The molecule has 1 N–H and O–H groups in total. The fourth-order valence-corrected chi connectivity index (χ4v) is 2.27. The van der Waals surface area contributed by atoms with Crippen LogP contribution in [0.3, 0.4) is 0 Å². The van der Waals surface area contributed by atoms with Gasteiger partial charge in [0.05, 0.1) is 11.0 Å². The highest BCUT2D eigenvalue weighted by molar-refractivity contribution is 9.10. The largest absolute Gasteiger partial charge is 0.342 e. The summed E-state index contributed by atoms with van der Waals surface area (Å²) in [7, 11) is 2.00. The van der Waals surface area contributed by atoms with Crippen molar-refractivity contribution in [1.29, 1.82) is 0 Å². The predicted molar refractivity (Wildman–Crippen MR) is 80.8 cm³/mol. The molecular formula is C14H13BrN4. The van der Waals surface area contributed by atoms with Crippen molar-refractivity contribution in [2.45, 2.75) is 6.92 Å². The van der Waals surface area contributed by atoms with Crippen LogP contribution in [-0.2, 0) is 0 Å². The predicted octanol–water partition coefficient (Wildman–Crippen LogP) is 3.80. The van der Waals surface area contributed by atoms with Crippen molar-refractivity contribution in [3.63, 3.8) is 0 Å². The Morgan fingerprint density at radius 1 is 1.21 bits per heavy atom. The molecule has 0 bridgehead atoms. The number of H-pyrrole nitrogens is 1. The van der Waals surface area contributed by atoms with Gasteiger partial charge in [0.15, 0.2) is 0 Å². The van der Waals surface area contributed by atoms with Crippen molar-refractivity contribution < 1.29 is 0 Å². The van der Waals surface area contributed by atoms with E-state index < -0.39 is 0 Å². The highest BCUT2D eigenvalue weighted by Gasteiger charge is 2.07. The summed E-state index contributed by atoms with van der Waals surface area (Å²) in [5.74, 6) is 1.83. The van der Waals surface area contributed by atoms with Crippen LogP contribution in [0.4, 0.5) is 11.5 Å². The van der Waals surface area contributed by atoms with Gasteiger partial charge in [0.25, 0.3) is 0 Å². The number of aromatic amines is 1. The summed E-state index contributed by atoms with van der Waals surface area (Å²) >= 11 is 3.39. The average molecular weight is 317 g/mol. The van der Waals surface area contributed by atoms with Crippen LogP contribution in [0.2, 0.25) is 0 Å². The van der Waals surface area contributed by atoms with E-state index in [1.807, 2.05) is 43.1 Å². The molecule has 3 aromatic rings. The lowest BCUT2D eigenvalue weighted by molar-refractivity contribution is 1.12. The highest BCUT2D eigenvalue weighted by Crippen LogP contribution is 2.25. The Bertz CT molecular complexity index is 718. The molecular weight excluding hydrogens is 304 g/mol. The average Bonchev–Trinajstić information content (AvgIpc) is 2.77. The van der Waals surface area contributed by atoms with Crippen molar-refractivity contribution in [2.24, 2.45) is 0 Å². The van der Waals surface area contributed by atoms with E-state index in [4.69, 9.17) is 0 Å². The molecule has 2 aromatic heterocycles. The number of fused-ring (bicyclic) bond motifs is 1. The van der Waals surface area contributed by atoms with Crippen LogP contribution in [0.5, 0.6) is 0 Å². The van der Waals surface area contributed by atoms with Gasteiger partial charge in [-0.3, -0.25) is 0 Å². The number of aryl methyl sites for hydroxylation is 1. The smallest absolute Gasteiger partial charge is 0.132 e. The monoisotopic (exact) mass is 316 g/mol. The third-order valence-corrected chi connectivity index (χ3v) is 3.50. The van der Waals surface area contributed by atoms with Crippen LogP contribution < -0.4 is 4.90 Å². The minimum absolute atomic E-state index is 0.902. The molecule has 4 nitrogen and oxygen atoms in total. The van der Waals surface area contributed by atoms with Crippen LogP contribution in [0, 0.1) is 6.92 Å². The SMILES string of the molecule is Cc1nc2ccc(N(C)c3ccc(Br)cn3)cc2[nH]1. The number of benzene rings is 1. The summed E-state index contributed by atoms with van der Waals surface area (Å²) < 4.78 is 0.976. The van der Waals surface area contributed by atoms with Crippen molar-refractivity contribution in [3.05, 3.63) is 46.8 Å². The number of hydrogen-bond donors (Lipinski definition) is 1. The number of nitrogens with one attached hydrogen (secondary N) is 1.